The van der Waals surface area contributed by atoms with Crippen LogP contribution in [0.1, 0.15) is 29.6 Å². The maximum Gasteiger partial charge on any atom is 0.340 e. The molecule has 194 valence electrons. The lowest BCUT2D eigenvalue weighted by Crippen LogP contribution is -2.34. The lowest BCUT2D eigenvalue weighted by molar-refractivity contribution is -0.136. The molecule has 0 unspecified atom stereocenters. The van der Waals surface area contributed by atoms with E-state index in [0.29, 0.717) is 29.4 Å². The molecule has 0 aliphatic carbocycles. The molecule has 4 rings (SSSR count). The first kappa shape index (κ1) is 26.2. The van der Waals surface area contributed by atoms with Gasteiger partial charge in [0.05, 0.1) is 31.3 Å². The third-order valence-electron chi connectivity index (χ3n) is 5.99. The lowest BCUT2D eigenvalue weighted by atomic mass is 10.1. The summed E-state index contributed by atoms with van der Waals surface area (Å²) in [6.07, 6.45) is 1.47. The number of methoxy groups -OCH3 is 1. The first-order valence-corrected chi connectivity index (χ1v) is 11.9. The quantitative estimate of drug-likeness (QED) is 0.283. The number of anilines is 1. The van der Waals surface area contributed by atoms with Crippen LogP contribution in [0.2, 0.25) is 0 Å². The highest BCUT2D eigenvalue weighted by atomic mass is 16.5. The summed E-state index contributed by atoms with van der Waals surface area (Å²) in [5, 5.41) is 5.00. The minimum absolute atomic E-state index is 0.0452. The van der Waals surface area contributed by atoms with Crippen molar-refractivity contribution in [3.05, 3.63) is 106 Å². The van der Waals surface area contributed by atoms with Crippen molar-refractivity contribution in [2.75, 3.05) is 12.4 Å². The Kier molecular flexibility index (Phi) is 7.86. The van der Waals surface area contributed by atoms with E-state index in [0.717, 1.165) is 11.1 Å². The van der Waals surface area contributed by atoms with Crippen molar-refractivity contribution in [1.82, 2.24) is 10.2 Å². The number of ether oxygens (including phenoxy) is 1. The second kappa shape index (κ2) is 11.4. The van der Waals surface area contributed by atoms with Crippen molar-refractivity contribution >= 4 is 35.5 Å². The van der Waals surface area contributed by atoms with E-state index in [4.69, 9.17) is 9.15 Å². The molecule has 0 saturated carbocycles. The summed E-state index contributed by atoms with van der Waals surface area (Å²) in [5.74, 6) is -1.95. The van der Waals surface area contributed by atoms with Crippen molar-refractivity contribution in [3.63, 3.8) is 0 Å². The molecule has 2 heterocycles. The van der Waals surface area contributed by atoms with E-state index in [1.807, 2.05) is 31.2 Å². The summed E-state index contributed by atoms with van der Waals surface area (Å²) in [7, 11) is 1.26. The fourth-order valence-corrected chi connectivity index (χ4v) is 3.96. The number of carbonyl (C=O) groups excluding carboxylic acids is 4. The molecule has 0 fully saturated rings. The number of furan rings is 1. The maximum absolute atomic E-state index is 13.3. The van der Waals surface area contributed by atoms with Crippen LogP contribution in [0.5, 0.6) is 0 Å². The van der Waals surface area contributed by atoms with Gasteiger partial charge in [0.15, 0.2) is 0 Å². The number of para-hydroxylation sites is 1. The highest BCUT2D eigenvalue weighted by molar-refractivity contribution is 6.39. The number of nitrogens with one attached hydrogen (secondary N) is 2. The Labute approximate surface area is 219 Å². The Bertz CT molecular complexity index is 1430. The van der Waals surface area contributed by atoms with E-state index in [-0.39, 0.29) is 23.6 Å². The molecule has 0 bridgehead atoms. The fourth-order valence-electron chi connectivity index (χ4n) is 3.96. The number of esters is 1. The highest BCUT2D eigenvalue weighted by Crippen LogP contribution is 2.33. The van der Waals surface area contributed by atoms with Crippen LogP contribution in [-0.2, 0) is 37.0 Å². The molecule has 1 aliphatic heterocycles. The van der Waals surface area contributed by atoms with Gasteiger partial charge >= 0.3 is 17.8 Å². The van der Waals surface area contributed by atoms with E-state index >= 15 is 0 Å². The first-order chi connectivity index (χ1) is 18.3. The predicted octanol–water partition coefficient (Wildman–Crippen LogP) is 3.72. The molecular weight excluding hydrogens is 486 g/mol. The van der Waals surface area contributed by atoms with Crippen molar-refractivity contribution < 1.29 is 28.3 Å². The van der Waals surface area contributed by atoms with Crippen LogP contribution >= 0.6 is 0 Å². The Morgan fingerprint density at radius 2 is 1.66 bits per heavy atom. The van der Waals surface area contributed by atoms with Gasteiger partial charge in [0, 0.05) is 11.4 Å². The topological polar surface area (TPSA) is 118 Å². The molecule has 0 atom stereocenters. The van der Waals surface area contributed by atoms with Crippen LogP contribution in [0.15, 0.2) is 88.0 Å². The van der Waals surface area contributed by atoms with Gasteiger partial charge in [-0.25, -0.2) is 4.79 Å². The Morgan fingerprint density at radius 1 is 0.947 bits per heavy atom. The number of hydrogen-bond acceptors (Lipinski definition) is 6. The molecule has 0 spiro atoms. The third kappa shape index (κ3) is 5.89. The Morgan fingerprint density at radius 3 is 2.34 bits per heavy atom. The minimum Gasteiger partial charge on any atom is -0.465 e. The van der Waals surface area contributed by atoms with E-state index in [1.54, 1.807) is 49.4 Å². The molecule has 3 aromatic rings. The van der Waals surface area contributed by atoms with E-state index in [2.05, 4.69) is 10.6 Å². The number of rotatable bonds is 7. The molecule has 9 heteroatoms. The van der Waals surface area contributed by atoms with E-state index in [1.165, 1.54) is 18.1 Å². The molecule has 1 aromatic heterocycles. The number of carbonyl (C=O) groups is 4. The molecule has 0 saturated heterocycles. The Balaban J connectivity index is 1.47. The monoisotopic (exact) mass is 513 g/mol. The van der Waals surface area contributed by atoms with Crippen LogP contribution in [-0.4, -0.2) is 35.7 Å². The Hall–Kier alpha value is -4.92. The van der Waals surface area contributed by atoms with Gasteiger partial charge in [0.1, 0.15) is 11.5 Å². The normalized spacial score (nSPS) is 14.1. The SMILES string of the molecule is COC(=O)C1=C(C)N(Cc2ccc(C)cc2)C(=O)/C1=C/c1ccc(CNC(=O)C(=O)Nc2ccccc2)o1. The molecule has 3 amide bonds. The molecule has 2 N–H and O–H groups in total. The number of nitrogens with zero attached hydrogens (tertiary/aromatic N) is 1. The maximum atomic E-state index is 13.3. The van der Waals surface area contributed by atoms with Crippen molar-refractivity contribution in [3.8, 4) is 0 Å². The largest absolute Gasteiger partial charge is 0.465 e. The zero-order chi connectivity index (χ0) is 27.2. The van der Waals surface area contributed by atoms with Gasteiger partial charge in [0.2, 0.25) is 0 Å². The van der Waals surface area contributed by atoms with Crippen LogP contribution < -0.4 is 10.6 Å². The molecule has 1 aliphatic rings. The second-order valence-electron chi connectivity index (χ2n) is 8.69. The van der Waals surface area contributed by atoms with Gasteiger partial charge in [-0.15, -0.1) is 0 Å². The van der Waals surface area contributed by atoms with E-state index < -0.39 is 17.8 Å². The number of aryl methyl sites for hydroxylation is 1. The summed E-state index contributed by atoms with van der Waals surface area (Å²) in [4.78, 5) is 51.7. The van der Waals surface area contributed by atoms with Crippen molar-refractivity contribution in [1.29, 1.82) is 0 Å². The van der Waals surface area contributed by atoms with Gasteiger partial charge < -0.3 is 24.7 Å². The zero-order valence-corrected chi connectivity index (χ0v) is 21.2. The molecule has 9 nitrogen and oxygen atoms in total. The second-order valence-corrected chi connectivity index (χ2v) is 8.69. The zero-order valence-electron chi connectivity index (χ0n) is 21.2. The fraction of sp³-hybridized carbons (Fsp3) is 0.172. The average Bonchev–Trinajstić information content (AvgIpc) is 3.46. The smallest absolute Gasteiger partial charge is 0.340 e. The number of hydrogen-bond donors (Lipinski definition) is 2. The molecule has 2 aromatic carbocycles. The van der Waals surface area contributed by atoms with Crippen LogP contribution in [0.25, 0.3) is 6.08 Å². The minimum atomic E-state index is -0.825. The van der Waals surface area contributed by atoms with Crippen LogP contribution in [0.3, 0.4) is 0 Å². The molecule has 0 radical (unpaired) electrons. The summed E-state index contributed by atoms with van der Waals surface area (Å²) in [6, 6.07) is 19.6. The van der Waals surface area contributed by atoms with Gasteiger partial charge in [-0.05, 0) is 49.8 Å². The standard InChI is InChI=1S/C29H27N3O6/c1-18-9-11-20(12-10-18)17-32-19(2)25(29(36)37-3)24(28(32)35)15-22-13-14-23(38-22)16-30-26(33)27(34)31-21-7-5-4-6-8-21/h4-15H,16-17H2,1-3H3,(H,30,33)(H,31,34)/b24-15+. The third-order valence-corrected chi connectivity index (χ3v) is 5.99. The number of allylic oxidation sites excluding steroid dienone is 1. The van der Waals surface area contributed by atoms with Crippen LogP contribution in [0.4, 0.5) is 5.69 Å². The van der Waals surface area contributed by atoms with Gasteiger partial charge in [-0.1, -0.05) is 48.0 Å². The number of benzene rings is 2. The van der Waals surface area contributed by atoms with Crippen LogP contribution in [0, 0.1) is 6.92 Å². The predicted molar refractivity (Wildman–Crippen MR) is 140 cm³/mol. The summed E-state index contributed by atoms with van der Waals surface area (Å²) in [6.45, 7) is 3.93. The summed E-state index contributed by atoms with van der Waals surface area (Å²) < 4.78 is 10.7. The van der Waals surface area contributed by atoms with Gasteiger partial charge in [-0.2, -0.15) is 0 Å². The van der Waals surface area contributed by atoms with Gasteiger partial charge in [-0.3, -0.25) is 14.4 Å². The summed E-state index contributed by atoms with van der Waals surface area (Å²) in [5.41, 5.74) is 3.31. The van der Waals surface area contributed by atoms with Crippen molar-refractivity contribution in [2.45, 2.75) is 26.9 Å². The molecule has 38 heavy (non-hydrogen) atoms. The lowest BCUT2D eigenvalue weighted by Gasteiger charge is -2.18. The summed E-state index contributed by atoms with van der Waals surface area (Å²) >= 11 is 0. The highest BCUT2D eigenvalue weighted by Gasteiger charge is 2.37. The van der Waals surface area contributed by atoms with Gasteiger partial charge in [0.25, 0.3) is 5.91 Å². The number of amides is 3. The average molecular weight is 514 g/mol. The molecular formula is C29H27N3O6. The van der Waals surface area contributed by atoms with Crippen molar-refractivity contribution in [2.24, 2.45) is 0 Å². The van der Waals surface area contributed by atoms with E-state index in [9.17, 15) is 19.2 Å². The first-order valence-electron chi connectivity index (χ1n) is 11.9.